The Labute approximate surface area is 115 Å². The number of nitrogens with zero attached hydrogens (tertiary/aromatic N) is 3. The number of aliphatic hydroxyl groups is 1. The lowest BCUT2D eigenvalue weighted by Crippen LogP contribution is -2.62. The van der Waals surface area contributed by atoms with Crippen LogP contribution in [0.15, 0.2) is 5.11 Å². The summed E-state index contributed by atoms with van der Waals surface area (Å²) >= 11 is 0. The Morgan fingerprint density at radius 1 is 1.50 bits per heavy atom. The van der Waals surface area contributed by atoms with Gasteiger partial charge in [0.05, 0.1) is 12.6 Å². The number of amides is 1. The Morgan fingerprint density at radius 3 is 2.65 bits per heavy atom. The molecule has 0 aromatic heterocycles. The molecule has 1 heterocycles. The van der Waals surface area contributed by atoms with Crippen molar-refractivity contribution in [3.8, 4) is 0 Å². The lowest BCUT2D eigenvalue weighted by Gasteiger charge is -2.43. The van der Waals surface area contributed by atoms with Crippen molar-refractivity contribution in [3.63, 3.8) is 0 Å². The van der Waals surface area contributed by atoms with E-state index in [1.807, 2.05) is 0 Å². The molecule has 20 heavy (non-hydrogen) atoms. The zero-order valence-corrected chi connectivity index (χ0v) is 11.5. The Morgan fingerprint density at radius 2 is 2.15 bits per heavy atom. The minimum Gasteiger partial charge on any atom is -0.460 e. The summed E-state index contributed by atoms with van der Waals surface area (Å²) in [6.07, 6.45) is -2.72. The van der Waals surface area contributed by atoms with Crippen molar-refractivity contribution in [2.75, 3.05) is 6.54 Å². The number of azide groups is 1. The molecule has 1 aliphatic rings. The Hall–Kier alpha value is -1.83. The molecular formula is C11H18N4O5. The smallest absolute Gasteiger partial charge is 0.302 e. The maximum Gasteiger partial charge on any atom is 0.302 e. The number of ether oxygens (including phenoxy) is 2. The molecule has 1 aliphatic heterocycles. The average molecular weight is 286 g/mol. The van der Waals surface area contributed by atoms with E-state index in [2.05, 4.69) is 15.3 Å². The monoisotopic (exact) mass is 286 g/mol. The van der Waals surface area contributed by atoms with Crippen LogP contribution in [0.3, 0.4) is 0 Å². The highest BCUT2D eigenvalue weighted by Crippen LogP contribution is 2.28. The van der Waals surface area contributed by atoms with Gasteiger partial charge in [-0.3, -0.25) is 9.59 Å². The van der Waals surface area contributed by atoms with Gasteiger partial charge < -0.3 is 19.9 Å². The molecule has 0 saturated carbocycles. The first-order valence-corrected chi connectivity index (χ1v) is 6.15. The number of carbonyl (C=O) groups is 2. The summed E-state index contributed by atoms with van der Waals surface area (Å²) in [4.78, 5) is 25.0. The molecule has 0 aromatic rings. The van der Waals surface area contributed by atoms with E-state index < -0.39 is 30.5 Å². The molecule has 0 bridgehead atoms. The van der Waals surface area contributed by atoms with Crippen LogP contribution in [0.2, 0.25) is 0 Å². The number of aliphatic hydroxyl groups excluding tert-OH is 1. The highest BCUT2D eigenvalue weighted by atomic mass is 16.6. The van der Waals surface area contributed by atoms with E-state index in [1.165, 1.54) is 13.8 Å². The molecule has 1 fully saturated rings. The third-order valence-corrected chi connectivity index (χ3v) is 3.08. The maximum atomic E-state index is 11.2. The lowest BCUT2D eigenvalue weighted by atomic mass is 9.88. The van der Waals surface area contributed by atoms with Crippen LogP contribution in [0.1, 0.15) is 20.8 Å². The summed E-state index contributed by atoms with van der Waals surface area (Å²) in [5, 5.41) is 15.8. The van der Waals surface area contributed by atoms with Crippen molar-refractivity contribution < 1.29 is 24.2 Å². The third kappa shape index (κ3) is 4.09. The summed E-state index contributed by atoms with van der Waals surface area (Å²) in [6, 6.07) is -0.867. The molecule has 1 amide bonds. The number of rotatable bonds is 4. The van der Waals surface area contributed by atoms with E-state index in [-0.39, 0.29) is 18.4 Å². The second kappa shape index (κ2) is 7.09. The standard InChI is InChI=1S/C11H18N4O5/c1-5-8(4-13-15-12)20-11(18)9(14-6(2)16)10(5)19-7(3)17/h5,8-11,18H,4H2,1-3H3,(H,14,16)/t5-,8?,9?,10+,11?/m1/s1. The predicted molar refractivity (Wildman–Crippen MR) is 67.2 cm³/mol. The van der Waals surface area contributed by atoms with Gasteiger partial charge in [0.15, 0.2) is 6.29 Å². The number of nitrogens with one attached hydrogen (secondary N) is 1. The summed E-state index contributed by atoms with van der Waals surface area (Å²) < 4.78 is 10.5. The predicted octanol–water partition coefficient (Wildman–Crippen LogP) is 0.0864. The highest BCUT2D eigenvalue weighted by molar-refractivity contribution is 5.73. The van der Waals surface area contributed by atoms with Crippen molar-refractivity contribution in [2.45, 2.75) is 45.3 Å². The van der Waals surface area contributed by atoms with E-state index >= 15 is 0 Å². The quantitative estimate of drug-likeness (QED) is 0.327. The molecule has 5 atom stereocenters. The fourth-order valence-corrected chi connectivity index (χ4v) is 2.18. The van der Waals surface area contributed by atoms with Crippen molar-refractivity contribution in [2.24, 2.45) is 11.0 Å². The fraction of sp³-hybridized carbons (Fsp3) is 0.818. The molecule has 0 spiro atoms. The Kier molecular flexibility index (Phi) is 5.75. The van der Waals surface area contributed by atoms with Crippen molar-refractivity contribution in [3.05, 3.63) is 10.4 Å². The van der Waals surface area contributed by atoms with Crippen LogP contribution < -0.4 is 5.32 Å². The first kappa shape index (κ1) is 16.2. The molecule has 0 aliphatic carbocycles. The normalized spacial score (nSPS) is 32.9. The Balaban J connectivity index is 2.93. The van der Waals surface area contributed by atoms with Crippen LogP contribution in [0.5, 0.6) is 0 Å². The van der Waals surface area contributed by atoms with Gasteiger partial charge in [-0.15, -0.1) is 0 Å². The summed E-state index contributed by atoms with van der Waals surface area (Å²) in [7, 11) is 0. The van der Waals surface area contributed by atoms with Crippen LogP contribution in [0.4, 0.5) is 0 Å². The number of hydrogen-bond acceptors (Lipinski definition) is 6. The number of hydrogen-bond donors (Lipinski definition) is 2. The molecule has 9 heteroatoms. The van der Waals surface area contributed by atoms with Crippen LogP contribution in [-0.4, -0.2) is 48.1 Å². The molecule has 1 rings (SSSR count). The van der Waals surface area contributed by atoms with Gasteiger partial charge in [0.1, 0.15) is 12.1 Å². The van der Waals surface area contributed by atoms with Gasteiger partial charge in [-0.25, -0.2) is 0 Å². The summed E-state index contributed by atoms with van der Waals surface area (Å²) in [5.41, 5.74) is 8.33. The van der Waals surface area contributed by atoms with E-state index in [0.717, 1.165) is 0 Å². The van der Waals surface area contributed by atoms with Gasteiger partial charge >= 0.3 is 5.97 Å². The van der Waals surface area contributed by atoms with Crippen molar-refractivity contribution in [1.29, 1.82) is 0 Å². The molecule has 112 valence electrons. The number of carbonyl (C=O) groups excluding carboxylic acids is 2. The van der Waals surface area contributed by atoms with Gasteiger partial charge in [0.25, 0.3) is 0 Å². The molecule has 3 unspecified atom stereocenters. The van der Waals surface area contributed by atoms with Crippen molar-refractivity contribution in [1.82, 2.24) is 5.32 Å². The van der Waals surface area contributed by atoms with Crippen LogP contribution >= 0.6 is 0 Å². The largest absolute Gasteiger partial charge is 0.460 e. The molecule has 9 nitrogen and oxygen atoms in total. The molecule has 0 radical (unpaired) electrons. The molecule has 1 saturated heterocycles. The maximum absolute atomic E-state index is 11.2. The van der Waals surface area contributed by atoms with Gasteiger partial charge in [0, 0.05) is 24.7 Å². The van der Waals surface area contributed by atoms with Gasteiger partial charge in [-0.1, -0.05) is 12.0 Å². The van der Waals surface area contributed by atoms with E-state index in [1.54, 1.807) is 6.92 Å². The SMILES string of the molecule is CC(=O)NC1C(O)OC(CN=[N+]=[N-])[C@@H](C)[C@@H]1OC(C)=O. The molecule has 0 aromatic carbocycles. The lowest BCUT2D eigenvalue weighted by molar-refractivity contribution is -0.232. The highest BCUT2D eigenvalue weighted by Gasteiger charge is 2.45. The minimum atomic E-state index is -1.35. The van der Waals surface area contributed by atoms with Crippen LogP contribution in [-0.2, 0) is 19.1 Å². The second-order valence-corrected chi connectivity index (χ2v) is 4.64. The van der Waals surface area contributed by atoms with Gasteiger partial charge in [0.2, 0.25) is 5.91 Å². The fourth-order valence-electron chi connectivity index (χ4n) is 2.18. The van der Waals surface area contributed by atoms with Gasteiger partial charge in [-0.2, -0.15) is 0 Å². The molecule has 2 N–H and O–H groups in total. The Bertz CT molecular complexity index is 423. The average Bonchev–Trinajstić information content (AvgIpc) is 2.35. The zero-order valence-electron chi connectivity index (χ0n) is 11.5. The van der Waals surface area contributed by atoms with Gasteiger partial charge in [-0.05, 0) is 5.53 Å². The number of esters is 1. The van der Waals surface area contributed by atoms with E-state index in [4.69, 9.17) is 15.0 Å². The molecular weight excluding hydrogens is 268 g/mol. The van der Waals surface area contributed by atoms with E-state index in [0.29, 0.717) is 0 Å². The first-order valence-electron chi connectivity index (χ1n) is 6.15. The summed E-state index contributed by atoms with van der Waals surface area (Å²) in [6.45, 7) is 4.25. The van der Waals surface area contributed by atoms with E-state index in [9.17, 15) is 14.7 Å². The zero-order chi connectivity index (χ0) is 15.3. The third-order valence-electron chi connectivity index (χ3n) is 3.08. The van der Waals surface area contributed by atoms with Crippen molar-refractivity contribution >= 4 is 11.9 Å². The van der Waals surface area contributed by atoms with Crippen LogP contribution in [0.25, 0.3) is 10.4 Å². The minimum absolute atomic E-state index is 0.000711. The summed E-state index contributed by atoms with van der Waals surface area (Å²) in [5.74, 6) is -1.27. The topological polar surface area (TPSA) is 134 Å². The second-order valence-electron chi connectivity index (χ2n) is 4.64. The van der Waals surface area contributed by atoms with Crippen LogP contribution in [0, 0.1) is 5.92 Å². The first-order chi connectivity index (χ1) is 9.36.